The summed E-state index contributed by atoms with van der Waals surface area (Å²) in [6.07, 6.45) is 4.34. The van der Waals surface area contributed by atoms with E-state index in [-0.39, 0.29) is 18.1 Å². The third-order valence-corrected chi connectivity index (χ3v) is 3.35. The first kappa shape index (κ1) is 15.4. The van der Waals surface area contributed by atoms with E-state index in [4.69, 9.17) is 9.47 Å². The first-order chi connectivity index (χ1) is 8.72. The van der Waals surface area contributed by atoms with Crippen LogP contribution >= 0.6 is 0 Å². The molecule has 1 rings (SSSR count). The highest BCUT2D eigenvalue weighted by atomic mass is 16.5. The summed E-state index contributed by atoms with van der Waals surface area (Å²) in [5, 5.41) is 0. The Hall–Kier alpha value is -0.610. The van der Waals surface area contributed by atoms with Crippen LogP contribution in [0.3, 0.4) is 0 Å². The Labute approximate surface area is 111 Å². The highest BCUT2D eigenvalue weighted by Gasteiger charge is 2.30. The topological polar surface area (TPSA) is 38.8 Å². The Morgan fingerprint density at radius 1 is 1.39 bits per heavy atom. The number of carbonyl (C=O) groups excluding carboxylic acids is 1. The molecule has 0 aliphatic carbocycles. The minimum absolute atomic E-state index is 0.0869. The van der Waals surface area contributed by atoms with Gasteiger partial charge in [0.15, 0.2) is 0 Å². The maximum absolute atomic E-state index is 11.9. The first-order valence-electron chi connectivity index (χ1n) is 7.25. The molecular formula is C14H27NO3. The molecule has 0 saturated carbocycles. The summed E-state index contributed by atoms with van der Waals surface area (Å²) >= 11 is 0. The number of nitrogens with zero attached hydrogens (tertiary/aromatic N) is 1. The lowest BCUT2D eigenvalue weighted by atomic mass is 10.0. The summed E-state index contributed by atoms with van der Waals surface area (Å²) in [5.41, 5.74) is 0. The number of likely N-dealkylation sites (tertiary alicyclic amines) is 1. The number of hydrogen-bond donors (Lipinski definition) is 0. The molecule has 0 bridgehead atoms. The van der Waals surface area contributed by atoms with E-state index in [1.54, 1.807) is 0 Å². The smallest absolute Gasteiger partial charge is 0.323 e. The second kappa shape index (κ2) is 8.48. The van der Waals surface area contributed by atoms with Gasteiger partial charge in [0.05, 0.1) is 12.7 Å². The standard InChI is InChI=1S/C14H27NO3/c1-4-10-18-12-8-7-9-15(11-12)13(5-2)14(16)17-6-3/h12-13H,4-11H2,1-3H3. The average molecular weight is 257 g/mol. The molecular weight excluding hydrogens is 230 g/mol. The Balaban J connectivity index is 2.49. The van der Waals surface area contributed by atoms with Gasteiger partial charge in [0.1, 0.15) is 6.04 Å². The Morgan fingerprint density at radius 2 is 2.17 bits per heavy atom. The fraction of sp³-hybridized carbons (Fsp3) is 0.929. The van der Waals surface area contributed by atoms with Crippen molar-refractivity contribution in [1.29, 1.82) is 0 Å². The van der Waals surface area contributed by atoms with E-state index in [2.05, 4.69) is 11.8 Å². The highest BCUT2D eigenvalue weighted by Crippen LogP contribution is 2.18. The Morgan fingerprint density at radius 3 is 2.78 bits per heavy atom. The minimum atomic E-state index is -0.0991. The van der Waals surface area contributed by atoms with Crippen LogP contribution in [0.2, 0.25) is 0 Å². The lowest BCUT2D eigenvalue weighted by Gasteiger charge is -2.36. The quantitative estimate of drug-likeness (QED) is 0.656. The van der Waals surface area contributed by atoms with E-state index in [1.807, 2.05) is 13.8 Å². The Kier molecular flexibility index (Phi) is 7.28. The van der Waals surface area contributed by atoms with Crippen LogP contribution in [-0.4, -0.2) is 49.3 Å². The van der Waals surface area contributed by atoms with Crippen LogP contribution in [0.15, 0.2) is 0 Å². The van der Waals surface area contributed by atoms with Gasteiger partial charge in [0.25, 0.3) is 0 Å². The van der Waals surface area contributed by atoms with E-state index in [0.717, 1.165) is 45.4 Å². The molecule has 0 spiro atoms. The number of esters is 1. The van der Waals surface area contributed by atoms with Crippen molar-refractivity contribution in [2.24, 2.45) is 0 Å². The molecule has 0 aromatic rings. The van der Waals surface area contributed by atoms with Gasteiger partial charge in [-0.15, -0.1) is 0 Å². The number of hydrogen-bond acceptors (Lipinski definition) is 4. The van der Waals surface area contributed by atoms with Gasteiger partial charge in [0, 0.05) is 13.2 Å². The molecule has 0 amide bonds. The van der Waals surface area contributed by atoms with E-state index in [9.17, 15) is 4.79 Å². The zero-order valence-electron chi connectivity index (χ0n) is 12.0. The maximum atomic E-state index is 11.9. The van der Waals surface area contributed by atoms with Crippen molar-refractivity contribution in [3.63, 3.8) is 0 Å². The summed E-state index contributed by atoms with van der Waals surface area (Å²) in [6, 6.07) is -0.0991. The van der Waals surface area contributed by atoms with Crippen molar-refractivity contribution >= 4 is 5.97 Å². The normalized spacial score (nSPS) is 22.7. The van der Waals surface area contributed by atoms with E-state index < -0.39 is 0 Å². The molecule has 0 radical (unpaired) electrons. The summed E-state index contributed by atoms with van der Waals surface area (Å²) in [6.45, 7) is 9.12. The van der Waals surface area contributed by atoms with Crippen molar-refractivity contribution < 1.29 is 14.3 Å². The summed E-state index contributed by atoms with van der Waals surface area (Å²) in [7, 11) is 0. The zero-order valence-corrected chi connectivity index (χ0v) is 12.0. The van der Waals surface area contributed by atoms with Crippen LogP contribution in [0.25, 0.3) is 0 Å². The van der Waals surface area contributed by atoms with Gasteiger partial charge in [-0.1, -0.05) is 13.8 Å². The average Bonchev–Trinajstić information content (AvgIpc) is 2.38. The van der Waals surface area contributed by atoms with Gasteiger partial charge in [-0.2, -0.15) is 0 Å². The monoisotopic (exact) mass is 257 g/mol. The molecule has 106 valence electrons. The van der Waals surface area contributed by atoms with Crippen LogP contribution in [0.1, 0.15) is 46.5 Å². The van der Waals surface area contributed by atoms with Gasteiger partial charge in [-0.3, -0.25) is 9.69 Å². The first-order valence-corrected chi connectivity index (χ1v) is 7.25. The van der Waals surface area contributed by atoms with Crippen LogP contribution in [0.4, 0.5) is 0 Å². The molecule has 0 N–H and O–H groups in total. The molecule has 4 heteroatoms. The van der Waals surface area contributed by atoms with E-state index in [0.29, 0.717) is 6.61 Å². The van der Waals surface area contributed by atoms with Crippen molar-refractivity contribution in [2.45, 2.75) is 58.6 Å². The van der Waals surface area contributed by atoms with Crippen LogP contribution in [0.5, 0.6) is 0 Å². The molecule has 18 heavy (non-hydrogen) atoms. The molecule has 1 saturated heterocycles. The lowest BCUT2D eigenvalue weighted by molar-refractivity contribution is -0.151. The lowest BCUT2D eigenvalue weighted by Crippen LogP contribution is -2.49. The van der Waals surface area contributed by atoms with Gasteiger partial charge in [-0.05, 0) is 39.2 Å². The molecule has 1 fully saturated rings. The van der Waals surface area contributed by atoms with Crippen molar-refractivity contribution in [3.8, 4) is 0 Å². The number of rotatable bonds is 7. The van der Waals surface area contributed by atoms with Crippen molar-refractivity contribution in [1.82, 2.24) is 4.90 Å². The number of piperidine rings is 1. The van der Waals surface area contributed by atoms with Gasteiger partial charge >= 0.3 is 5.97 Å². The summed E-state index contributed by atoms with van der Waals surface area (Å²) in [5.74, 6) is -0.0869. The second-order valence-corrected chi connectivity index (χ2v) is 4.81. The van der Waals surface area contributed by atoms with E-state index in [1.165, 1.54) is 0 Å². The van der Waals surface area contributed by atoms with Gasteiger partial charge in [-0.25, -0.2) is 0 Å². The third-order valence-electron chi connectivity index (χ3n) is 3.35. The predicted octanol–water partition coefficient (Wildman–Crippen LogP) is 2.22. The zero-order chi connectivity index (χ0) is 13.4. The fourth-order valence-corrected chi connectivity index (χ4v) is 2.48. The summed E-state index contributed by atoms with van der Waals surface area (Å²) < 4.78 is 10.9. The molecule has 1 aliphatic rings. The second-order valence-electron chi connectivity index (χ2n) is 4.81. The maximum Gasteiger partial charge on any atom is 0.323 e. The van der Waals surface area contributed by atoms with Crippen LogP contribution in [-0.2, 0) is 14.3 Å². The van der Waals surface area contributed by atoms with Gasteiger partial charge in [0.2, 0.25) is 0 Å². The molecule has 2 atom stereocenters. The fourth-order valence-electron chi connectivity index (χ4n) is 2.48. The molecule has 2 unspecified atom stereocenters. The predicted molar refractivity (Wildman–Crippen MR) is 71.6 cm³/mol. The molecule has 4 nitrogen and oxygen atoms in total. The number of ether oxygens (including phenoxy) is 2. The van der Waals surface area contributed by atoms with Gasteiger partial charge < -0.3 is 9.47 Å². The van der Waals surface area contributed by atoms with Crippen molar-refractivity contribution in [3.05, 3.63) is 0 Å². The largest absolute Gasteiger partial charge is 0.465 e. The van der Waals surface area contributed by atoms with Crippen LogP contribution in [0, 0.1) is 0 Å². The van der Waals surface area contributed by atoms with Crippen molar-refractivity contribution in [2.75, 3.05) is 26.3 Å². The molecule has 1 aliphatic heterocycles. The molecule has 0 aromatic heterocycles. The molecule has 1 heterocycles. The summed E-state index contributed by atoms with van der Waals surface area (Å²) in [4.78, 5) is 14.1. The third kappa shape index (κ3) is 4.58. The van der Waals surface area contributed by atoms with E-state index >= 15 is 0 Å². The SMILES string of the molecule is CCCOC1CCCN(C(CC)C(=O)OCC)C1. The minimum Gasteiger partial charge on any atom is -0.465 e. The molecule has 0 aromatic carbocycles. The van der Waals surface area contributed by atoms with Crippen LogP contribution < -0.4 is 0 Å². The number of carbonyl (C=O) groups is 1. The Bertz CT molecular complexity index is 245. The highest BCUT2D eigenvalue weighted by molar-refractivity contribution is 5.75.